The molecule has 0 amide bonds. The van der Waals surface area contributed by atoms with Crippen molar-refractivity contribution in [3.8, 4) is 0 Å². The summed E-state index contributed by atoms with van der Waals surface area (Å²) >= 11 is 0. The van der Waals surface area contributed by atoms with Gasteiger partial charge >= 0.3 is 0 Å². The van der Waals surface area contributed by atoms with E-state index in [0.717, 1.165) is 12.8 Å². The van der Waals surface area contributed by atoms with E-state index < -0.39 is 33.7 Å². The Balaban J connectivity index is 5.90. The second kappa shape index (κ2) is 10.3. The van der Waals surface area contributed by atoms with Gasteiger partial charge < -0.3 is 19.0 Å². The fourth-order valence-electron chi connectivity index (χ4n) is 4.76. The Morgan fingerprint density at radius 1 is 0.867 bits per heavy atom. The van der Waals surface area contributed by atoms with Crippen LogP contribution in [-0.2, 0) is 13.3 Å². The van der Waals surface area contributed by atoms with Crippen molar-refractivity contribution in [1.29, 1.82) is 0 Å². The number of hydrogen-bond donors (Lipinski definition) is 1. The van der Waals surface area contributed by atoms with E-state index in [-0.39, 0.29) is 16.0 Å². The van der Waals surface area contributed by atoms with Crippen molar-refractivity contribution in [2.75, 3.05) is 6.54 Å². The van der Waals surface area contributed by atoms with E-state index in [1.807, 2.05) is 0 Å². The first-order valence-corrected chi connectivity index (χ1v) is 24.0. The summed E-state index contributed by atoms with van der Waals surface area (Å²) in [5.74, 6) is 0. The van der Waals surface area contributed by atoms with Crippen molar-refractivity contribution >= 4 is 33.7 Å². The highest BCUT2D eigenvalue weighted by Gasteiger charge is 2.52. The van der Waals surface area contributed by atoms with Crippen molar-refractivity contribution < 1.29 is 13.3 Å². The van der Waals surface area contributed by atoms with Crippen LogP contribution in [0.4, 0.5) is 0 Å². The Labute approximate surface area is 194 Å². The van der Waals surface area contributed by atoms with E-state index in [1.165, 1.54) is 0 Å². The third kappa shape index (κ3) is 7.93. The number of rotatable bonds is 13. The molecule has 0 aliphatic heterocycles. The minimum Gasteiger partial charge on any atom is -0.415 e. The molecule has 4 unspecified atom stereocenters. The molecule has 0 aromatic carbocycles. The van der Waals surface area contributed by atoms with Gasteiger partial charge in [-0.2, -0.15) is 0 Å². The van der Waals surface area contributed by atoms with Crippen LogP contribution in [0.1, 0.15) is 54.4 Å². The highest BCUT2D eigenvalue weighted by Crippen LogP contribution is 2.44. The molecule has 0 bridgehead atoms. The monoisotopic (exact) mass is 493 g/mol. The van der Waals surface area contributed by atoms with Crippen LogP contribution >= 0.6 is 0 Å². The summed E-state index contributed by atoms with van der Waals surface area (Å²) < 4.78 is 20.6. The number of hydrogen-bond acceptors (Lipinski definition) is 4. The maximum absolute atomic E-state index is 7.14. The lowest BCUT2D eigenvalue weighted by molar-refractivity contribution is 0.0422. The van der Waals surface area contributed by atoms with Crippen LogP contribution in [-0.4, -0.2) is 56.3 Å². The third-order valence-electron chi connectivity index (χ3n) is 7.13. The molecule has 182 valence electrons. The summed E-state index contributed by atoms with van der Waals surface area (Å²) in [6, 6.07) is 0. The van der Waals surface area contributed by atoms with Gasteiger partial charge in [0.15, 0.2) is 16.6 Å². The molecule has 0 rings (SSSR count). The van der Waals surface area contributed by atoms with Gasteiger partial charge in [0.2, 0.25) is 9.04 Å². The van der Waals surface area contributed by atoms with Gasteiger partial charge in [-0.1, -0.05) is 39.9 Å². The van der Waals surface area contributed by atoms with Gasteiger partial charge in [-0.05, 0) is 73.4 Å². The topological polar surface area (TPSA) is 53.7 Å². The van der Waals surface area contributed by atoms with Gasteiger partial charge in [-0.3, -0.25) is 0 Å². The molecule has 0 aromatic rings. The van der Waals surface area contributed by atoms with Crippen molar-refractivity contribution in [2.45, 2.75) is 135 Å². The van der Waals surface area contributed by atoms with Gasteiger partial charge in [-0.25, -0.2) is 0 Å². The van der Waals surface area contributed by atoms with Crippen molar-refractivity contribution in [3.05, 3.63) is 0 Å². The Bertz CT molecular complexity index is 545. The molecule has 0 aromatic heterocycles. The second-order valence-electron chi connectivity index (χ2n) is 12.6. The lowest BCUT2D eigenvalue weighted by Gasteiger charge is -2.52. The summed E-state index contributed by atoms with van der Waals surface area (Å²) in [5, 5.41) is -0.253. The summed E-state index contributed by atoms with van der Waals surface area (Å²) in [5.41, 5.74) is 6.37. The molecule has 8 heteroatoms. The highest BCUT2D eigenvalue weighted by molar-refractivity contribution is 6.81. The summed E-state index contributed by atoms with van der Waals surface area (Å²) in [6.07, 6.45) is 2.08. The summed E-state index contributed by atoms with van der Waals surface area (Å²) in [6.45, 7) is 35.1. The van der Waals surface area contributed by atoms with E-state index in [9.17, 15) is 0 Å². The van der Waals surface area contributed by atoms with Gasteiger partial charge in [0.25, 0.3) is 0 Å². The largest absolute Gasteiger partial charge is 0.415 e. The lowest BCUT2D eigenvalue weighted by atomic mass is 10.0. The van der Waals surface area contributed by atoms with Crippen LogP contribution in [0.2, 0.25) is 64.5 Å². The van der Waals surface area contributed by atoms with Gasteiger partial charge in [0, 0.05) is 17.3 Å². The predicted molar refractivity (Wildman–Crippen MR) is 145 cm³/mol. The highest BCUT2D eigenvalue weighted by atomic mass is 28.4. The fraction of sp³-hybridized carbons (Fsp3) is 1.00. The third-order valence-corrected chi connectivity index (χ3v) is 19.0. The minimum atomic E-state index is -2.11. The maximum Gasteiger partial charge on any atom is 0.204 e. The van der Waals surface area contributed by atoms with Gasteiger partial charge in [0.05, 0.1) is 18.9 Å². The molecular formula is C22H55NO3Si4. The van der Waals surface area contributed by atoms with Gasteiger partial charge in [0.1, 0.15) is 0 Å². The summed E-state index contributed by atoms with van der Waals surface area (Å²) in [7, 11) is -6.95. The molecule has 0 aliphatic carbocycles. The molecule has 2 N–H and O–H groups in total. The van der Waals surface area contributed by atoms with Crippen LogP contribution in [0.25, 0.3) is 0 Å². The number of nitrogens with two attached hydrogens (primary N) is 1. The zero-order valence-corrected chi connectivity index (χ0v) is 27.2. The molecule has 0 saturated carbocycles. The van der Waals surface area contributed by atoms with E-state index >= 15 is 0 Å². The Kier molecular flexibility index (Phi) is 10.6. The Hall–Kier alpha value is 0.708. The molecule has 0 radical (unpaired) electrons. The van der Waals surface area contributed by atoms with Crippen LogP contribution in [0.15, 0.2) is 0 Å². The predicted octanol–water partition coefficient (Wildman–Crippen LogP) is 6.29. The molecule has 0 fully saturated rings. The first kappa shape index (κ1) is 30.7. The quantitative estimate of drug-likeness (QED) is 0.306. The van der Waals surface area contributed by atoms with Crippen LogP contribution in [0.3, 0.4) is 0 Å². The van der Waals surface area contributed by atoms with Crippen LogP contribution < -0.4 is 5.73 Å². The van der Waals surface area contributed by atoms with Gasteiger partial charge in [-0.15, -0.1) is 0 Å². The Morgan fingerprint density at radius 2 is 1.33 bits per heavy atom. The van der Waals surface area contributed by atoms with E-state index in [0.29, 0.717) is 12.1 Å². The standard InChI is InChI=1S/C22H55NO3Si4/c1-16-19(30(14,15)26-22(6,17-2)28(8,9)10)21(5,18-23)24-27(7)20(3,4)25-29(11,12)13/h19,27H,16-18,23H2,1-15H3. The molecular weight excluding hydrogens is 439 g/mol. The molecule has 0 spiro atoms. The smallest absolute Gasteiger partial charge is 0.204 e. The normalized spacial score (nSPS) is 20.4. The minimum absolute atomic E-state index is 0.0328. The first-order chi connectivity index (χ1) is 13.1. The molecule has 0 saturated heterocycles. The van der Waals surface area contributed by atoms with E-state index in [4.69, 9.17) is 19.0 Å². The zero-order chi connectivity index (χ0) is 24.4. The zero-order valence-electron chi connectivity index (χ0n) is 23.1. The molecule has 4 nitrogen and oxygen atoms in total. The second-order valence-corrected chi connectivity index (χ2v) is 29.6. The van der Waals surface area contributed by atoms with Crippen LogP contribution in [0, 0.1) is 0 Å². The average Bonchev–Trinajstić information content (AvgIpc) is 2.50. The SMILES string of the molecule is CCC(C(C)(CN)O[SiH](C)C(C)(C)O[Si](C)(C)C)[Si](C)(C)OC(C)(CC)[Si](C)(C)C. The van der Waals surface area contributed by atoms with Crippen molar-refractivity contribution in [3.63, 3.8) is 0 Å². The molecule has 0 heterocycles. The first-order valence-electron chi connectivity index (χ1n) is 11.9. The molecule has 0 aliphatic rings. The average molecular weight is 494 g/mol. The fourth-order valence-corrected chi connectivity index (χ4v) is 16.7. The lowest BCUT2D eigenvalue weighted by Crippen LogP contribution is -2.63. The van der Waals surface area contributed by atoms with Crippen molar-refractivity contribution in [1.82, 2.24) is 0 Å². The van der Waals surface area contributed by atoms with Crippen LogP contribution in [0.5, 0.6) is 0 Å². The molecule has 30 heavy (non-hydrogen) atoms. The van der Waals surface area contributed by atoms with Crippen molar-refractivity contribution in [2.24, 2.45) is 5.73 Å². The van der Waals surface area contributed by atoms with E-state index in [1.54, 1.807) is 0 Å². The Morgan fingerprint density at radius 3 is 1.63 bits per heavy atom. The summed E-state index contributed by atoms with van der Waals surface area (Å²) in [4.78, 5) is 0. The van der Waals surface area contributed by atoms with E-state index in [2.05, 4.69) is 100 Å². The molecule has 4 atom stereocenters. The maximum atomic E-state index is 7.14.